The number of piperidine rings is 1. The number of halogens is 1. The number of ether oxygens (including phenoxy) is 1. The van der Waals surface area contributed by atoms with Crippen molar-refractivity contribution < 1.29 is 23.8 Å². The number of phenolic OH excluding ortho intramolecular Hbond substituents is 1. The van der Waals surface area contributed by atoms with E-state index >= 15 is 0 Å². The van der Waals surface area contributed by atoms with E-state index in [0.29, 0.717) is 57.7 Å². The van der Waals surface area contributed by atoms with Gasteiger partial charge in [-0.15, -0.1) is 0 Å². The van der Waals surface area contributed by atoms with Crippen LogP contribution in [0.2, 0.25) is 0 Å². The van der Waals surface area contributed by atoms with E-state index in [1.54, 1.807) is 24.3 Å². The number of morpholine rings is 1. The fourth-order valence-electron chi connectivity index (χ4n) is 4.26. The third-order valence-electron chi connectivity index (χ3n) is 6.13. The molecule has 2 aliphatic rings. The second-order valence-corrected chi connectivity index (χ2v) is 8.21. The molecule has 2 aromatic rings. The van der Waals surface area contributed by atoms with Crippen LogP contribution < -0.4 is 0 Å². The van der Waals surface area contributed by atoms with E-state index in [2.05, 4.69) is 4.90 Å². The Kier molecular flexibility index (Phi) is 6.63. The summed E-state index contributed by atoms with van der Waals surface area (Å²) in [7, 11) is 0. The number of hydrogen-bond donors (Lipinski definition) is 1. The third kappa shape index (κ3) is 5.29. The van der Waals surface area contributed by atoms with Gasteiger partial charge < -0.3 is 14.7 Å². The predicted octanol–water partition coefficient (Wildman–Crippen LogP) is 3.03. The molecule has 2 heterocycles. The Labute approximate surface area is 181 Å². The maximum Gasteiger partial charge on any atom is 0.236 e. The number of likely N-dealkylation sites (tertiary alicyclic amines) is 1. The molecule has 2 fully saturated rings. The Morgan fingerprint density at radius 2 is 1.68 bits per heavy atom. The summed E-state index contributed by atoms with van der Waals surface area (Å²) in [6.07, 6.45) is 1.19. The highest BCUT2D eigenvalue weighted by atomic mass is 19.1. The average molecular weight is 426 g/mol. The van der Waals surface area contributed by atoms with Crippen molar-refractivity contribution in [3.05, 3.63) is 65.5 Å². The summed E-state index contributed by atoms with van der Waals surface area (Å²) in [6, 6.07) is 12.6. The minimum Gasteiger partial charge on any atom is -0.508 e. The first-order chi connectivity index (χ1) is 15.0. The smallest absolute Gasteiger partial charge is 0.236 e. The first-order valence-electron chi connectivity index (χ1n) is 10.7. The lowest BCUT2D eigenvalue weighted by molar-refractivity contribution is -0.140. The monoisotopic (exact) mass is 426 g/mol. The Morgan fingerprint density at radius 3 is 2.35 bits per heavy atom. The van der Waals surface area contributed by atoms with Crippen LogP contribution >= 0.6 is 0 Å². The number of ketones is 1. The summed E-state index contributed by atoms with van der Waals surface area (Å²) in [5, 5.41) is 9.39. The summed E-state index contributed by atoms with van der Waals surface area (Å²) in [4.78, 5) is 29.4. The number of carbonyl (C=O) groups excluding carboxylic acids is 2. The van der Waals surface area contributed by atoms with Crippen LogP contribution in [0.15, 0.2) is 48.5 Å². The molecule has 0 spiro atoms. The SMILES string of the molecule is O=C(c1ccc(O)cc1)C1CCN(CC(=O)N2CCOC(c3ccc(F)cc3)C2)CC1. The molecule has 0 radical (unpaired) electrons. The van der Waals surface area contributed by atoms with Gasteiger partial charge in [0.2, 0.25) is 5.91 Å². The molecule has 164 valence electrons. The van der Waals surface area contributed by atoms with Crippen LogP contribution in [-0.4, -0.2) is 65.9 Å². The lowest BCUT2D eigenvalue weighted by atomic mass is 9.89. The normalized spacial score (nSPS) is 20.5. The van der Waals surface area contributed by atoms with E-state index in [0.717, 1.165) is 5.56 Å². The van der Waals surface area contributed by atoms with Crippen LogP contribution in [0.5, 0.6) is 5.75 Å². The Morgan fingerprint density at radius 1 is 1.00 bits per heavy atom. The number of nitrogens with zero attached hydrogens (tertiary/aromatic N) is 2. The summed E-state index contributed by atoms with van der Waals surface area (Å²) in [5.41, 5.74) is 1.49. The average Bonchev–Trinajstić information content (AvgIpc) is 2.80. The van der Waals surface area contributed by atoms with Gasteiger partial charge in [0.25, 0.3) is 0 Å². The van der Waals surface area contributed by atoms with Crippen LogP contribution in [-0.2, 0) is 9.53 Å². The molecule has 1 atom stereocenters. The van der Waals surface area contributed by atoms with E-state index in [1.807, 2.05) is 4.90 Å². The molecule has 2 saturated heterocycles. The number of hydrogen-bond acceptors (Lipinski definition) is 5. The molecule has 0 aliphatic carbocycles. The molecule has 6 nitrogen and oxygen atoms in total. The zero-order valence-corrected chi connectivity index (χ0v) is 17.4. The van der Waals surface area contributed by atoms with Gasteiger partial charge in [-0.05, 0) is 67.9 Å². The maximum atomic E-state index is 13.2. The Bertz CT molecular complexity index is 908. The van der Waals surface area contributed by atoms with Crippen molar-refractivity contribution in [2.24, 2.45) is 5.92 Å². The van der Waals surface area contributed by atoms with Crippen molar-refractivity contribution in [3.63, 3.8) is 0 Å². The van der Waals surface area contributed by atoms with Crippen LogP contribution in [0, 0.1) is 11.7 Å². The topological polar surface area (TPSA) is 70.1 Å². The number of Topliss-reactive ketones (excluding diaryl/α,β-unsaturated/α-hetero) is 1. The lowest BCUT2D eigenvalue weighted by Gasteiger charge is -2.36. The fourth-order valence-corrected chi connectivity index (χ4v) is 4.26. The lowest BCUT2D eigenvalue weighted by Crippen LogP contribution is -2.48. The summed E-state index contributed by atoms with van der Waals surface area (Å²) >= 11 is 0. The number of aromatic hydroxyl groups is 1. The van der Waals surface area contributed by atoms with Crippen molar-refractivity contribution in [2.45, 2.75) is 18.9 Å². The Balaban J connectivity index is 1.27. The predicted molar refractivity (Wildman–Crippen MR) is 113 cm³/mol. The Hall–Kier alpha value is -2.77. The van der Waals surface area contributed by atoms with Crippen LogP contribution in [0.25, 0.3) is 0 Å². The highest BCUT2D eigenvalue weighted by Crippen LogP contribution is 2.25. The summed E-state index contributed by atoms with van der Waals surface area (Å²) in [5.74, 6) is -0.0448. The van der Waals surface area contributed by atoms with Gasteiger partial charge in [-0.2, -0.15) is 0 Å². The molecule has 4 rings (SSSR count). The number of amides is 1. The molecule has 31 heavy (non-hydrogen) atoms. The fraction of sp³-hybridized carbons (Fsp3) is 0.417. The third-order valence-corrected chi connectivity index (χ3v) is 6.13. The number of rotatable bonds is 5. The first kappa shape index (κ1) is 21.5. The minimum absolute atomic E-state index is 0.0536. The summed E-state index contributed by atoms with van der Waals surface area (Å²) in [6.45, 7) is 3.19. The van der Waals surface area contributed by atoms with Crippen molar-refractivity contribution in [2.75, 3.05) is 39.3 Å². The second kappa shape index (κ2) is 9.58. The number of benzene rings is 2. The molecular formula is C24H27FN2O4. The van der Waals surface area contributed by atoms with E-state index in [-0.39, 0.29) is 35.3 Å². The zero-order valence-electron chi connectivity index (χ0n) is 17.4. The van der Waals surface area contributed by atoms with Gasteiger partial charge in [-0.1, -0.05) is 12.1 Å². The van der Waals surface area contributed by atoms with E-state index in [1.165, 1.54) is 24.3 Å². The van der Waals surface area contributed by atoms with Crippen LogP contribution in [0.3, 0.4) is 0 Å². The maximum absolute atomic E-state index is 13.2. The minimum atomic E-state index is -0.292. The molecule has 1 unspecified atom stereocenters. The molecular weight excluding hydrogens is 399 g/mol. The van der Waals surface area contributed by atoms with Crippen molar-refractivity contribution in [1.82, 2.24) is 9.80 Å². The van der Waals surface area contributed by atoms with Crippen molar-refractivity contribution in [1.29, 1.82) is 0 Å². The molecule has 0 saturated carbocycles. The van der Waals surface area contributed by atoms with Gasteiger partial charge in [0, 0.05) is 18.0 Å². The quantitative estimate of drug-likeness (QED) is 0.745. The molecule has 7 heteroatoms. The molecule has 2 aliphatic heterocycles. The zero-order chi connectivity index (χ0) is 21.8. The van der Waals surface area contributed by atoms with Gasteiger partial charge in [-0.3, -0.25) is 14.5 Å². The van der Waals surface area contributed by atoms with Gasteiger partial charge in [0.1, 0.15) is 17.7 Å². The second-order valence-electron chi connectivity index (χ2n) is 8.21. The first-order valence-corrected chi connectivity index (χ1v) is 10.7. The largest absolute Gasteiger partial charge is 0.508 e. The standard InChI is InChI=1S/C24H27FN2O4/c25-20-5-1-17(2-6-20)22-15-27(13-14-31-22)23(29)16-26-11-9-19(10-12-26)24(30)18-3-7-21(28)8-4-18/h1-8,19,22,28H,9-16H2. The van der Waals surface area contributed by atoms with E-state index in [9.17, 15) is 19.1 Å². The molecule has 2 aromatic carbocycles. The van der Waals surface area contributed by atoms with E-state index in [4.69, 9.17) is 4.74 Å². The molecule has 1 amide bonds. The summed E-state index contributed by atoms with van der Waals surface area (Å²) < 4.78 is 18.9. The molecule has 1 N–H and O–H groups in total. The number of phenols is 1. The molecule has 0 bridgehead atoms. The van der Waals surface area contributed by atoms with Crippen LogP contribution in [0.1, 0.15) is 34.9 Å². The van der Waals surface area contributed by atoms with Gasteiger partial charge in [0.15, 0.2) is 5.78 Å². The number of carbonyl (C=O) groups is 2. The van der Waals surface area contributed by atoms with Crippen molar-refractivity contribution in [3.8, 4) is 5.75 Å². The van der Waals surface area contributed by atoms with Crippen molar-refractivity contribution >= 4 is 11.7 Å². The van der Waals surface area contributed by atoms with Crippen LogP contribution in [0.4, 0.5) is 4.39 Å². The van der Waals surface area contributed by atoms with Gasteiger partial charge in [-0.25, -0.2) is 4.39 Å². The van der Waals surface area contributed by atoms with E-state index < -0.39 is 0 Å². The van der Waals surface area contributed by atoms with Gasteiger partial charge in [0.05, 0.1) is 19.7 Å². The molecule has 0 aromatic heterocycles. The van der Waals surface area contributed by atoms with Gasteiger partial charge >= 0.3 is 0 Å². The highest BCUT2D eigenvalue weighted by molar-refractivity contribution is 5.98. The highest BCUT2D eigenvalue weighted by Gasteiger charge is 2.30.